The van der Waals surface area contributed by atoms with E-state index in [1.807, 2.05) is 6.07 Å². The van der Waals surface area contributed by atoms with Gasteiger partial charge in [-0.1, -0.05) is 15.9 Å². The van der Waals surface area contributed by atoms with Gasteiger partial charge in [-0.3, -0.25) is 10.1 Å². The van der Waals surface area contributed by atoms with E-state index in [-0.39, 0.29) is 5.69 Å². The van der Waals surface area contributed by atoms with Crippen molar-refractivity contribution in [3.63, 3.8) is 0 Å². The molecule has 19 heavy (non-hydrogen) atoms. The molecule has 0 bridgehead atoms. The second-order valence-corrected chi connectivity index (χ2v) is 4.65. The van der Waals surface area contributed by atoms with Gasteiger partial charge in [-0.15, -0.1) is 0 Å². The quantitative estimate of drug-likeness (QED) is 0.686. The normalized spacial score (nSPS) is 9.68. The molecule has 0 aromatic heterocycles. The second-order valence-electron chi connectivity index (χ2n) is 3.73. The lowest BCUT2D eigenvalue weighted by atomic mass is 10.2. The largest absolute Gasteiger partial charge is 0.350 e. The maximum absolute atomic E-state index is 10.9. The van der Waals surface area contributed by atoms with Gasteiger partial charge in [-0.05, 0) is 36.4 Å². The van der Waals surface area contributed by atoms with Crippen LogP contribution >= 0.6 is 15.9 Å². The number of anilines is 2. The van der Waals surface area contributed by atoms with Crippen LogP contribution in [-0.2, 0) is 0 Å². The molecule has 0 aliphatic heterocycles. The fourth-order valence-electron chi connectivity index (χ4n) is 1.55. The number of rotatable bonds is 3. The van der Waals surface area contributed by atoms with Gasteiger partial charge in [0.25, 0.3) is 5.69 Å². The topological polar surface area (TPSA) is 79.0 Å². The summed E-state index contributed by atoms with van der Waals surface area (Å²) in [5, 5.41) is 22.6. The molecule has 0 amide bonds. The molecule has 0 aliphatic rings. The van der Waals surface area contributed by atoms with Crippen molar-refractivity contribution in [2.45, 2.75) is 0 Å². The number of nitrogens with zero attached hydrogens (tertiary/aromatic N) is 2. The number of nitrogens with one attached hydrogen (secondary N) is 1. The molecule has 6 heteroatoms. The summed E-state index contributed by atoms with van der Waals surface area (Å²) in [4.78, 5) is 10.5. The van der Waals surface area contributed by atoms with Crippen LogP contribution in [0.15, 0.2) is 46.9 Å². The summed E-state index contributed by atoms with van der Waals surface area (Å²) in [6, 6.07) is 13.4. The predicted octanol–water partition coefficient (Wildman–Crippen LogP) is 3.97. The summed E-state index contributed by atoms with van der Waals surface area (Å²) in [5.74, 6) is 0. The minimum atomic E-state index is -0.446. The lowest BCUT2D eigenvalue weighted by Crippen LogP contribution is -1.97. The number of halogens is 1. The van der Waals surface area contributed by atoms with E-state index in [0.717, 1.165) is 4.47 Å². The van der Waals surface area contributed by atoms with E-state index in [0.29, 0.717) is 16.9 Å². The molecule has 0 saturated carbocycles. The van der Waals surface area contributed by atoms with Crippen molar-refractivity contribution in [2.24, 2.45) is 0 Å². The Hall–Kier alpha value is -2.39. The first-order valence-electron chi connectivity index (χ1n) is 5.31. The van der Waals surface area contributed by atoms with Gasteiger partial charge in [0.15, 0.2) is 0 Å². The van der Waals surface area contributed by atoms with Gasteiger partial charge in [0.1, 0.15) is 5.69 Å². The van der Waals surface area contributed by atoms with Crippen LogP contribution in [-0.4, -0.2) is 4.92 Å². The van der Waals surface area contributed by atoms with Crippen LogP contribution in [0.3, 0.4) is 0 Å². The van der Waals surface area contributed by atoms with E-state index in [1.54, 1.807) is 36.4 Å². The number of nitro groups is 1. The highest BCUT2D eigenvalue weighted by molar-refractivity contribution is 9.10. The number of nitro benzene ring substituents is 1. The zero-order valence-corrected chi connectivity index (χ0v) is 11.2. The highest BCUT2D eigenvalue weighted by Crippen LogP contribution is 2.30. The Morgan fingerprint density at radius 1 is 1.21 bits per heavy atom. The molecule has 2 aromatic carbocycles. The number of hydrogen-bond donors (Lipinski definition) is 1. The standard InChI is InChI=1S/C13H8BrN3O2/c14-10-3-6-13(17(18)19)12(7-10)16-11-4-1-9(8-15)2-5-11/h1-7,16H. The SMILES string of the molecule is N#Cc1ccc(Nc2cc(Br)ccc2[N+](=O)[O-])cc1. The van der Waals surface area contributed by atoms with Crippen LogP contribution in [0.1, 0.15) is 5.56 Å². The van der Waals surface area contributed by atoms with Gasteiger partial charge in [0.2, 0.25) is 0 Å². The Morgan fingerprint density at radius 3 is 2.47 bits per heavy atom. The predicted molar refractivity (Wildman–Crippen MR) is 75.2 cm³/mol. The summed E-state index contributed by atoms with van der Waals surface area (Å²) < 4.78 is 0.745. The molecule has 94 valence electrons. The van der Waals surface area contributed by atoms with Crippen LogP contribution in [0, 0.1) is 21.4 Å². The zero-order chi connectivity index (χ0) is 13.8. The van der Waals surface area contributed by atoms with Crippen molar-refractivity contribution in [3.8, 4) is 6.07 Å². The maximum Gasteiger partial charge on any atom is 0.292 e. The molecule has 0 atom stereocenters. The monoisotopic (exact) mass is 317 g/mol. The molecule has 2 aromatic rings. The van der Waals surface area contributed by atoms with Gasteiger partial charge in [-0.2, -0.15) is 5.26 Å². The molecule has 5 nitrogen and oxygen atoms in total. The third-order valence-corrected chi connectivity index (χ3v) is 2.94. The molecule has 0 aliphatic carbocycles. The van der Waals surface area contributed by atoms with Crippen molar-refractivity contribution < 1.29 is 4.92 Å². The van der Waals surface area contributed by atoms with Gasteiger partial charge in [-0.25, -0.2) is 0 Å². The lowest BCUT2D eigenvalue weighted by Gasteiger charge is -2.07. The molecular formula is C13H8BrN3O2. The van der Waals surface area contributed by atoms with E-state index >= 15 is 0 Å². The number of benzene rings is 2. The van der Waals surface area contributed by atoms with Crippen molar-refractivity contribution in [1.82, 2.24) is 0 Å². The average Bonchev–Trinajstić information content (AvgIpc) is 2.39. The van der Waals surface area contributed by atoms with Gasteiger partial charge in [0, 0.05) is 16.2 Å². The summed E-state index contributed by atoms with van der Waals surface area (Å²) in [6.45, 7) is 0. The van der Waals surface area contributed by atoms with E-state index in [9.17, 15) is 10.1 Å². The number of nitriles is 1. The second kappa shape index (κ2) is 5.50. The summed E-state index contributed by atoms with van der Waals surface area (Å²) in [7, 11) is 0. The van der Waals surface area contributed by atoms with Crippen LogP contribution in [0.4, 0.5) is 17.1 Å². The Balaban J connectivity index is 2.34. The Kier molecular flexibility index (Phi) is 3.78. The molecular weight excluding hydrogens is 310 g/mol. The molecule has 0 heterocycles. The Bertz CT molecular complexity index is 663. The van der Waals surface area contributed by atoms with E-state index in [4.69, 9.17) is 5.26 Å². The fourth-order valence-corrected chi connectivity index (χ4v) is 1.91. The van der Waals surface area contributed by atoms with Crippen molar-refractivity contribution in [3.05, 3.63) is 62.6 Å². The third-order valence-electron chi connectivity index (χ3n) is 2.45. The number of hydrogen-bond acceptors (Lipinski definition) is 4. The van der Waals surface area contributed by atoms with E-state index in [2.05, 4.69) is 21.2 Å². The highest BCUT2D eigenvalue weighted by atomic mass is 79.9. The Labute approximate surface area is 117 Å². The summed E-state index contributed by atoms with van der Waals surface area (Å²) in [5.41, 5.74) is 1.60. The fraction of sp³-hybridized carbons (Fsp3) is 0. The zero-order valence-electron chi connectivity index (χ0n) is 9.63. The molecule has 0 unspecified atom stereocenters. The summed E-state index contributed by atoms with van der Waals surface area (Å²) >= 11 is 3.28. The maximum atomic E-state index is 10.9. The van der Waals surface area contributed by atoms with Crippen LogP contribution < -0.4 is 5.32 Å². The lowest BCUT2D eigenvalue weighted by molar-refractivity contribution is -0.383. The van der Waals surface area contributed by atoms with Crippen molar-refractivity contribution in [2.75, 3.05) is 5.32 Å². The first kappa shape index (κ1) is 13.1. The van der Waals surface area contributed by atoms with E-state index < -0.39 is 4.92 Å². The van der Waals surface area contributed by atoms with Crippen LogP contribution in [0.2, 0.25) is 0 Å². The average molecular weight is 318 g/mol. The van der Waals surface area contributed by atoms with Crippen molar-refractivity contribution >= 4 is 33.0 Å². The molecule has 0 fully saturated rings. The smallest absolute Gasteiger partial charge is 0.292 e. The van der Waals surface area contributed by atoms with Gasteiger partial charge < -0.3 is 5.32 Å². The Morgan fingerprint density at radius 2 is 1.89 bits per heavy atom. The molecule has 0 spiro atoms. The summed E-state index contributed by atoms with van der Waals surface area (Å²) in [6.07, 6.45) is 0. The van der Waals surface area contributed by atoms with Crippen LogP contribution in [0.5, 0.6) is 0 Å². The molecule has 1 N–H and O–H groups in total. The van der Waals surface area contributed by atoms with Crippen molar-refractivity contribution in [1.29, 1.82) is 5.26 Å². The molecule has 0 saturated heterocycles. The van der Waals surface area contributed by atoms with Gasteiger partial charge in [0.05, 0.1) is 16.6 Å². The van der Waals surface area contributed by atoms with Gasteiger partial charge >= 0.3 is 0 Å². The first-order valence-corrected chi connectivity index (χ1v) is 6.10. The third kappa shape index (κ3) is 3.09. The molecule has 2 rings (SSSR count). The minimum Gasteiger partial charge on any atom is -0.350 e. The van der Waals surface area contributed by atoms with E-state index in [1.165, 1.54) is 6.07 Å². The minimum absolute atomic E-state index is 0.00689. The van der Waals surface area contributed by atoms with Crippen LogP contribution in [0.25, 0.3) is 0 Å². The molecule has 0 radical (unpaired) electrons. The first-order chi connectivity index (χ1) is 9.10. The highest BCUT2D eigenvalue weighted by Gasteiger charge is 2.13.